The molecule has 1 saturated heterocycles. The number of piperidine rings is 1. The highest BCUT2D eigenvalue weighted by Gasteiger charge is 2.19. The van der Waals surface area contributed by atoms with Gasteiger partial charge in [0.05, 0.1) is 0 Å². The lowest BCUT2D eigenvalue weighted by Gasteiger charge is -2.34. The summed E-state index contributed by atoms with van der Waals surface area (Å²) in [6.07, 6.45) is 9.97. The summed E-state index contributed by atoms with van der Waals surface area (Å²) in [5.74, 6) is 2.68. The van der Waals surface area contributed by atoms with E-state index < -0.39 is 0 Å². The first-order chi connectivity index (χ1) is 5.88. The van der Waals surface area contributed by atoms with E-state index >= 15 is 0 Å². The Morgan fingerprint density at radius 2 is 2.33 bits per heavy atom. The third-order valence-electron chi connectivity index (χ3n) is 2.56. The number of rotatable bonds is 3. The van der Waals surface area contributed by atoms with Gasteiger partial charge in [-0.25, -0.2) is 0 Å². The van der Waals surface area contributed by atoms with Crippen LogP contribution < -0.4 is 5.73 Å². The van der Waals surface area contributed by atoms with Crippen molar-refractivity contribution in [3.8, 4) is 12.3 Å². The maximum atomic E-state index is 5.67. The normalized spacial score (nSPS) is 25.2. The van der Waals surface area contributed by atoms with Crippen molar-refractivity contribution >= 4 is 0 Å². The molecule has 1 fully saturated rings. The quantitative estimate of drug-likeness (QED) is 0.629. The molecule has 12 heavy (non-hydrogen) atoms. The first-order valence-corrected chi connectivity index (χ1v) is 4.76. The maximum Gasteiger partial charge on any atom is 0.0218 e. The van der Waals surface area contributed by atoms with Gasteiger partial charge in [-0.05, 0) is 19.4 Å². The van der Waals surface area contributed by atoms with Gasteiger partial charge in [0.1, 0.15) is 0 Å². The Labute approximate surface area is 75.1 Å². The molecule has 1 aliphatic heterocycles. The van der Waals surface area contributed by atoms with E-state index in [2.05, 4.69) is 10.8 Å². The highest BCUT2D eigenvalue weighted by molar-refractivity contribution is 4.87. The van der Waals surface area contributed by atoms with E-state index in [4.69, 9.17) is 12.2 Å². The van der Waals surface area contributed by atoms with Crippen LogP contribution in [0.4, 0.5) is 0 Å². The second kappa shape index (κ2) is 5.18. The lowest BCUT2D eigenvalue weighted by Crippen LogP contribution is -2.44. The summed E-state index contributed by atoms with van der Waals surface area (Å²) >= 11 is 0. The Bertz CT molecular complexity index is 160. The molecule has 1 unspecified atom stereocenters. The highest BCUT2D eigenvalue weighted by atomic mass is 15.2. The van der Waals surface area contributed by atoms with Gasteiger partial charge in [0.25, 0.3) is 0 Å². The Morgan fingerprint density at radius 3 is 3.00 bits per heavy atom. The molecule has 0 aromatic rings. The molecule has 1 heterocycles. The van der Waals surface area contributed by atoms with Gasteiger partial charge < -0.3 is 5.73 Å². The van der Waals surface area contributed by atoms with Crippen molar-refractivity contribution in [2.75, 3.05) is 19.6 Å². The second-order valence-corrected chi connectivity index (χ2v) is 3.38. The van der Waals surface area contributed by atoms with Crippen molar-refractivity contribution in [1.82, 2.24) is 4.90 Å². The summed E-state index contributed by atoms with van der Waals surface area (Å²) < 4.78 is 0. The van der Waals surface area contributed by atoms with E-state index in [0.717, 1.165) is 19.5 Å². The molecule has 1 rings (SSSR count). The molecule has 68 valence electrons. The molecule has 0 spiro atoms. The van der Waals surface area contributed by atoms with E-state index in [1.165, 1.54) is 25.8 Å². The number of hydrogen-bond donors (Lipinski definition) is 1. The predicted octanol–water partition coefficient (Wildman–Crippen LogP) is 0.823. The summed E-state index contributed by atoms with van der Waals surface area (Å²) in [6, 6.07) is 0.590. The van der Waals surface area contributed by atoms with E-state index in [-0.39, 0.29) is 0 Å². The van der Waals surface area contributed by atoms with Crippen LogP contribution in [0.15, 0.2) is 0 Å². The molecule has 0 radical (unpaired) electrons. The lowest BCUT2D eigenvalue weighted by atomic mass is 10.0. The van der Waals surface area contributed by atoms with Crippen LogP contribution in [0.25, 0.3) is 0 Å². The van der Waals surface area contributed by atoms with Crippen LogP contribution in [-0.2, 0) is 0 Å². The van der Waals surface area contributed by atoms with Crippen LogP contribution in [-0.4, -0.2) is 30.6 Å². The fourth-order valence-electron chi connectivity index (χ4n) is 1.83. The second-order valence-electron chi connectivity index (χ2n) is 3.38. The molecule has 2 N–H and O–H groups in total. The molecule has 0 aliphatic carbocycles. The lowest BCUT2D eigenvalue weighted by molar-refractivity contribution is 0.156. The zero-order chi connectivity index (χ0) is 8.81. The summed E-state index contributed by atoms with van der Waals surface area (Å²) in [7, 11) is 0. The third-order valence-corrected chi connectivity index (χ3v) is 2.56. The molecule has 1 aliphatic rings. The van der Waals surface area contributed by atoms with Crippen LogP contribution >= 0.6 is 0 Å². The Balaban J connectivity index is 2.32. The molecule has 0 saturated carbocycles. The minimum atomic E-state index is 0.590. The molecular weight excluding hydrogens is 148 g/mol. The summed E-state index contributed by atoms with van der Waals surface area (Å²) in [6.45, 7) is 2.99. The number of likely N-dealkylation sites (tertiary alicyclic amines) is 1. The van der Waals surface area contributed by atoms with Crippen LogP contribution in [0.5, 0.6) is 0 Å². The highest BCUT2D eigenvalue weighted by Crippen LogP contribution is 2.15. The first kappa shape index (κ1) is 9.57. The molecule has 0 amide bonds. The van der Waals surface area contributed by atoms with Crippen LogP contribution in [0.3, 0.4) is 0 Å². The SMILES string of the molecule is C#CCCN1CCCCC1CN. The maximum absolute atomic E-state index is 5.67. The van der Waals surface area contributed by atoms with Gasteiger partial charge in [-0.3, -0.25) is 4.90 Å². The molecule has 0 aromatic carbocycles. The van der Waals surface area contributed by atoms with Crippen molar-refractivity contribution in [2.24, 2.45) is 5.73 Å². The third kappa shape index (κ3) is 2.51. The van der Waals surface area contributed by atoms with Gasteiger partial charge in [0.2, 0.25) is 0 Å². The number of nitrogens with two attached hydrogens (primary N) is 1. The zero-order valence-electron chi connectivity index (χ0n) is 7.63. The Hall–Kier alpha value is -0.520. The largest absolute Gasteiger partial charge is 0.329 e. The summed E-state index contributed by atoms with van der Waals surface area (Å²) in [4.78, 5) is 2.43. The van der Waals surface area contributed by atoms with Gasteiger partial charge in [0.15, 0.2) is 0 Å². The van der Waals surface area contributed by atoms with Crippen LogP contribution in [0.1, 0.15) is 25.7 Å². The van der Waals surface area contributed by atoms with Crippen molar-refractivity contribution < 1.29 is 0 Å². The van der Waals surface area contributed by atoms with Gasteiger partial charge in [0, 0.05) is 25.6 Å². The van der Waals surface area contributed by atoms with Crippen molar-refractivity contribution in [3.63, 3.8) is 0 Å². The van der Waals surface area contributed by atoms with Gasteiger partial charge >= 0.3 is 0 Å². The standard InChI is InChI=1S/C10H18N2/c1-2-3-7-12-8-5-4-6-10(12)9-11/h1,10H,3-9,11H2. The monoisotopic (exact) mass is 166 g/mol. The van der Waals surface area contributed by atoms with E-state index in [1.807, 2.05) is 0 Å². The first-order valence-electron chi connectivity index (χ1n) is 4.76. The molecular formula is C10H18N2. The topological polar surface area (TPSA) is 29.3 Å². The predicted molar refractivity (Wildman–Crippen MR) is 51.7 cm³/mol. The minimum absolute atomic E-state index is 0.590. The Morgan fingerprint density at radius 1 is 1.50 bits per heavy atom. The smallest absolute Gasteiger partial charge is 0.0218 e. The molecule has 1 atom stereocenters. The van der Waals surface area contributed by atoms with Crippen molar-refractivity contribution in [3.05, 3.63) is 0 Å². The van der Waals surface area contributed by atoms with E-state index in [9.17, 15) is 0 Å². The van der Waals surface area contributed by atoms with Gasteiger partial charge in [-0.2, -0.15) is 0 Å². The average Bonchev–Trinajstić information content (AvgIpc) is 2.15. The average molecular weight is 166 g/mol. The molecule has 2 heteroatoms. The fraction of sp³-hybridized carbons (Fsp3) is 0.800. The van der Waals surface area contributed by atoms with Gasteiger partial charge in [-0.15, -0.1) is 12.3 Å². The van der Waals surface area contributed by atoms with Crippen molar-refractivity contribution in [2.45, 2.75) is 31.7 Å². The zero-order valence-corrected chi connectivity index (χ0v) is 7.63. The van der Waals surface area contributed by atoms with Crippen LogP contribution in [0, 0.1) is 12.3 Å². The van der Waals surface area contributed by atoms with E-state index in [1.54, 1.807) is 0 Å². The molecule has 0 bridgehead atoms. The number of terminal acetylenes is 1. The molecule has 0 aromatic heterocycles. The fourth-order valence-corrected chi connectivity index (χ4v) is 1.83. The summed E-state index contributed by atoms with van der Waals surface area (Å²) in [5.41, 5.74) is 5.67. The van der Waals surface area contributed by atoms with Gasteiger partial charge in [-0.1, -0.05) is 6.42 Å². The van der Waals surface area contributed by atoms with Crippen molar-refractivity contribution in [1.29, 1.82) is 0 Å². The number of nitrogens with zero attached hydrogens (tertiary/aromatic N) is 1. The minimum Gasteiger partial charge on any atom is -0.329 e. The number of hydrogen-bond acceptors (Lipinski definition) is 2. The summed E-state index contributed by atoms with van der Waals surface area (Å²) in [5, 5.41) is 0. The van der Waals surface area contributed by atoms with E-state index in [0.29, 0.717) is 6.04 Å². The van der Waals surface area contributed by atoms with Crippen LogP contribution in [0.2, 0.25) is 0 Å². The molecule has 2 nitrogen and oxygen atoms in total. The Kier molecular flexibility index (Phi) is 4.13.